The topological polar surface area (TPSA) is 37.3 Å². The number of alkyl halides is 1. The van der Waals surface area contributed by atoms with Crippen molar-refractivity contribution in [2.24, 2.45) is 0 Å². The quantitative estimate of drug-likeness (QED) is 0.621. The lowest BCUT2D eigenvalue weighted by atomic mass is 10.1. The Kier molecular flexibility index (Phi) is 3.65. The molecule has 0 saturated carbocycles. The molecule has 0 aliphatic carbocycles. The standard InChI is InChI=1S/C10H8ClFO2/c11-7-3-4-10(14)8(6-7)9(13)2-1-5-12/h1-4,6,14H,5H2/b2-1+. The number of aromatic hydroxyl groups is 1. The number of ketones is 1. The Hall–Kier alpha value is -1.35. The molecular weight excluding hydrogens is 207 g/mol. The first kappa shape index (κ1) is 10.7. The minimum absolute atomic E-state index is 0.0715. The summed E-state index contributed by atoms with van der Waals surface area (Å²) in [7, 11) is 0. The van der Waals surface area contributed by atoms with Crippen LogP contribution < -0.4 is 0 Å². The minimum atomic E-state index is -0.715. The van der Waals surface area contributed by atoms with Gasteiger partial charge in [0.25, 0.3) is 0 Å². The van der Waals surface area contributed by atoms with Gasteiger partial charge in [0.2, 0.25) is 0 Å². The summed E-state index contributed by atoms with van der Waals surface area (Å²) in [5, 5.41) is 9.64. The van der Waals surface area contributed by atoms with Gasteiger partial charge in [-0.1, -0.05) is 11.6 Å². The minimum Gasteiger partial charge on any atom is -0.507 e. The summed E-state index contributed by atoms with van der Waals surface area (Å²) in [5.74, 6) is -0.634. The van der Waals surface area contributed by atoms with Gasteiger partial charge in [0, 0.05) is 5.02 Å². The first-order chi connectivity index (χ1) is 6.65. The van der Waals surface area contributed by atoms with E-state index in [1.54, 1.807) is 0 Å². The van der Waals surface area contributed by atoms with Crippen LogP contribution in [0.3, 0.4) is 0 Å². The highest BCUT2D eigenvalue weighted by Crippen LogP contribution is 2.22. The molecule has 0 radical (unpaired) electrons. The molecule has 0 aliphatic heterocycles. The van der Waals surface area contributed by atoms with E-state index in [9.17, 15) is 14.3 Å². The smallest absolute Gasteiger partial charge is 0.189 e. The van der Waals surface area contributed by atoms with Crippen molar-refractivity contribution in [2.45, 2.75) is 0 Å². The van der Waals surface area contributed by atoms with Crippen LogP contribution in [0.4, 0.5) is 4.39 Å². The van der Waals surface area contributed by atoms with Crippen LogP contribution in [0.25, 0.3) is 0 Å². The van der Waals surface area contributed by atoms with Gasteiger partial charge < -0.3 is 5.11 Å². The van der Waals surface area contributed by atoms with E-state index in [1.165, 1.54) is 18.2 Å². The summed E-state index contributed by atoms with van der Waals surface area (Å²) in [4.78, 5) is 11.3. The predicted molar refractivity (Wildman–Crippen MR) is 52.6 cm³/mol. The van der Waals surface area contributed by atoms with E-state index in [0.717, 1.165) is 12.2 Å². The number of allylic oxidation sites excluding steroid dienone is 2. The maximum Gasteiger partial charge on any atom is 0.189 e. The van der Waals surface area contributed by atoms with Crippen molar-refractivity contribution in [3.8, 4) is 5.75 Å². The number of hydrogen-bond acceptors (Lipinski definition) is 2. The van der Waals surface area contributed by atoms with E-state index >= 15 is 0 Å². The number of phenols is 1. The lowest BCUT2D eigenvalue weighted by Gasteiger charge is -2.00. The van der Waals surface area contributed by atoms with Crippen molar-refractivity contribution in [1.29, 1.82) is 0 Å². The number of carbonyl (C=O) groups excluding carboxylic acids is 1. The molecule has 0 fully saturated rings. The van der Waals surface area contributed by atoms with Crippen molar-refractivity contribution in [3.05, 3.63) is 40.9 Å². The van der Waals surface area contributed by atoms with Gasteiger partial charge in [0.1, 0.15) is 12.4 Å². The van der Waals surface area contributed by atoms with Crippen LogP contribution in [0.1, 0.15) is 10.4 Å². The Morgan fingerprint density at radius 3 is 2.93 bits per heavy atom. The monoisotopic (exact) mass is 214 g/mol. The molecule has 0 spiro atoms. The van der Waals surface area contributed by atoms with Gasteiger partial charge in [-0.2, -0.15) is 0 Å². The normalized spacial score (nSPS) is 10.7. The van der Waals surface area contributed by atoms with Crippen LogP contribution in [0.15, 0.2) is 30.4 Å². The zero-order valence-electron chi connectivity index (χ0n) is 7.21. The average Bonchev–Trinajstić information content (AvgIpc) is 2.18. The molecular formula is C10H8ClFO2. The second-order valence-corrected chi connectivity index (χ2v) is 3.02. The van der Waals surface area contributed by atoms with Crippen molar-refractivity contribution in [3.63, 3.8) is 0 Å². The van der Waals surface area contributed by atoms with Crippen LogP contribution in [-0.4, -0.2) is 17.6 Å². The van der Waals surface area contributed by atoms with Crippen LogP contribution in [0.5, 0.6) is 5.75 Å². The zero-order chi connectivity index (χ0) is 10.6. The summed E-state index contributed by atoms with van der Waals surface area (Å²) in [6.45, 7) is -0.715. The molecule has 0 aromatic heterocycles. The fraction of sp³-hybridized carbons (Fsp3) is 0.100. The second kappa shape index (κ2) is 4.77. The molecule has 4 heteroatoms. The van der Waals surface area contributed by atoms with E-state index in [1.807, 2.05) is 0 Å². The molecule has 0 unspecified atom stereocenters. The predicted octanol–water partition coefficient (Wildman–Crippen LogP) is 2.75. The number of hydrogen-bond donors (Lipinski definition) is 1. The first-order valence-electron chi connectivity index (χ1n) is 3.90. The van der Waals surface area contributed by atoms with Gasteiger partial charge in [-0.05, 0) is 30.4 Å². The molecule has 1 rings (SSSR count). The number of phenolic OH excluding ortho intramolecular Hbond substituents is 1. The molecule has 14 heavy (non-hydrogen) atoms. The number of rotatable bonds is 3. The number of halogens is 2. The SMILES string of the molecule is O=C(/C=C/CF)c1cc(Cl)ccc1O. The Balaban J connectivity index is 3.00. The molecule has 74 valence electrons. The molecule has 1 aromatic rings. The Labute approximate surface area is 85.6 Å². The Morgan fingerprint density at radius 1 is 1.57 bits per heavy atom. The Morgan fingerprint density at radius 2 is 2.29 bits per heavy atom. The van der Waals surface area contributed by atoms with E-state index in [0.29, 0.717) is 5.02 Å². The third-order valence-corrected chi connectivity index (χ3v) is 1.82. The van der Waals surface area contributed by atoms with Gasteiger partial charge >= 0.3 is 0 Å². The van der Waals surface area contributed by atoms with Crippen molar-refractivity contribution < 1.29 is 14.3 Å². The average molecular weight is 215 g/mol. The molecule has 1 aromatic carbocycles. The van der Waals surface area contributed by atoms with E-state index in [2.05, 4.69) is 0 Å². The van der Waals surface area contributed by atoms with Gasteiger partial charge in [0.15, 0.2) is 5.78 Å². The van der Waals surface area contributed by atoms with Crippen LogP contribution in [0, 0.1) is 0 Å². The molecule has 0 saturated heterocycles. The van der Waals surface area contributed by atoms with Gasteiger partial charge in [-0.15, -0.1) is 0 Å². The molecule has 1 N–H and O–H groups in total. The van der Waals surface area contributed by atoms with Gasteiger partial charge in [-0.3, -0.25) is 4.79 Å². The van der Waals surface area contributed by atoms with Gasteiger partial charge in [-0.25, -0.2) is 4.39 Å². The number of carbonyl (C=O) groups is 1. The largest absolute Gasteiger partial charge is 0.507 e. The summed E-state index contributed by atoms with van der Waals surface area (Å²) in [6.07, 6.45) is 2.13. The summed E-state index contributed by atoms with van der Waals surface area (Å²) < 4.78 is 11.7. The van der Waals surface area contributed by atoms with Crippen LogP contribution >= 0.6 is 11.6 Å². The van der Waals surface area contributed by atoms with Crippen LogP contribution in [-0.2, 0) is 0 Å². The highest BCUT2D eigenvalue weighted by atomic mass is 35.5. The molecule has 0 atom stereocenters. The van der Waals surface area contributed by atoms with Crippen molar-refractivity contribution >= 4 is 17.4 Å². The fourth-order valence-corrected chi connectivity index (χ4v) is 1.12. The van der Waals surface area contributed by atoms with E-state index < -0.39 is 12.5 Å². The molecule has 0 bridgehead atoms. The summed E-state index contributed by atoms with van der Waals surface area (Å²) in [5.41, 5.74) is 0.0715. The first-order valence-corrected chi connectivity index (χ1v) is 4.28. The summed E-state index contributed by atoms with van der Waals surface area (Å²) in [6, 6.07) is 4.12. The van der Waals surface area contributed by atoms with Crippen LogP contribution in [0.2, 0.25) is 5.02 Å². The third kappa shape index (κ3) is 2.57. The van der Waals surface area contributed by atoms with Crippen molar-refractivity contribution in [2.75, 3.05) is 6.67 Å². The van der Waals surface area contributed by atoms with Crippen molar-refractivity contribution in [1.82, 2.24) is 0 Å². The highest BCUT2D eigenvalue weighted by Gasteiger charge is 2.08. The fourth-order valence-electron chi connectivity index (χ4n) is 0.947. The Bertz CT molecular complexity index is 374. The zero-order valence-corrected chi connectivity index (χ0v) is 7.96. The lowest BCUT2D eigenvalue weighted by molar-refractivity contribution is 0.104. The molecule has 0 heterocycles. The molecule has 0 aliphatic rings. The number of benzene rings is 1. The van der Waals surface area contributed by atoms with E-state index in [-0.39, 0.29) is 11.3 Å². The maximum absolute atomic E-state index is 11.7. The van der Waals surface area contributed by atoms with Gasteiger partial charge in [0.05, 0.1) is 5.56 Å². The summed E-state index contributed by atoms with van der Waals surface area (Å²) >= 11 is 5.63. The molecule has 2 nitrogen and oxygen atoms in total. The molecule has 0 amide bonds. The van der Waals surface area contributed by atoms with E-state index in [4.69, 9.17) is 11.6 Å². The lowest BCUT2D eigenvalue weighted by Crippen LogP contribution is -1.94. The second-order valence-electron chi connectivity index (χ2n) is 2.58. The highest BCUT2D eigenvalue weighted by molar-refractivity contribution is 6.31. The third-order valence-electron chi connectivity index (χ3n) is 1.58. The maximum atomic E-state index is 11.7.